The molecule has 0 unspecified atom stereocenters. The van der Waals surface area contributed by atoms with Crippen molar-refractivity contribution in [2.24, 2.45) is 0 Å². The molecule has 1 aliphatic heterocycles. The molecule has 0 saturated carbocycles. The molecule has 6 heavy (non-hydrogen) atoms. The van der Waals surface area contributed by atoms with E-state index in [1.165, 1.54) is 0 Å². The third-order valence-corrected chi connectivity index (χ3v) is 0.712. The summed E-state index contributed by atoms with van der Waals surface area (Å²) in [6.07, 6.45) is 0. The zero-order valence-corrected chi connectivity index (χ0v) is 3.32. The van der Waals surface area contributed by atoms with Gasteiger partial charge < -0.3 is 4.74 Å². The molecule has 0 bridgehead atoms. The Balaban J connectivity index is 2.61. The number of hydrogen-bond donors (Lipinski definition) is 1. The van der Waals surface area contributed by atoms with Crippen molar-refractivity contribution in [3.8, 4) is 0 Å². The molecule has 0 aromatic heterocycles. The molecule has 0 amide bonds. The van der Waals surface area contributed by atoms with Crippen molar-refractivity contribution in [3.05, 3.63) is 12.2 Å². The molecular formula is C4H5NO. The number of rotatable bonds is 0. The van der Waals surface area contributed by atoms with Crippen LogP contribution in [0, 0.1) is 5.41 Å². The molecule has 0 atom stereocenters. The SMILES string of the molecule is C=C1COC1=N. The van der Waals surface area contributed by atoms with Gasteiger partial charge >= 0.3 is 0 Å². The summed E-state index contributed by atoms with van der Waals surface area (Å²) in [6.45, 7) is 4.05. The maximum absolute atomic E-state index is 6.71. The Bertz CT molecular complexity index is 92.1. The molecule has 1 aliphatic rings. The van der Waals surface area contributed by atoms with Gasteiger partial charge in [0.2, 0.25) is 5.90 Å². The normalized spacial score (nSPS) is 19.3. The maximum Gasteiger partial charge on any atom is 0.212 e. The van der Waals surface area contributed by atoms with Crippen LogP contribution in [0.1, 0.15) is 0 Å². The highest BCUT2D eigenvalue weighted by Crippen LogP contribution is 2.06. The van der Waals surface area contributed by atoms with Crippen molar-refractivity contribution in [1.82, 2.24) is 0 Å². The predicted molar refractivity (Wildman–Crippen MR) is 22.8 cm³/mol. The van der Waals surface area contributed by atoms with Crippen LogP contribution in [0.15, 0.2) is 12.2 Å². The van der Waals surface area contributed by atoms with E-state index < -0.39 is 0 Å². The Kier molecular flexibility index (Phi) is 0.473. The summed E-state index contributed by atoms with van der Waals surface area (Å²) in [5.74, 6) is 0.245. The molecule has 1 saturated heterocycles. The summed E-state index contributed by atoms with van der Waals surface area (Å²) in [4.78, 5) is 0. The second-order valence-electron chi connectivity index (χ2n) is 1.22. The fourth-order valence-electron chi connectivity index (χ4n) is 0.246. The number of hydrogen-bond acceptors (Lipinski definition) is 2. The van der Waals surface area contributed by atoms with E-state index in [1.807, 2.05) is 0 Å². The Morgan fingerprint density at radius 3 is 2.33 bits per heavy atom. The molecule has 2 nitrogen and oxygen atoms in total. The lowest BCUT2D eigenvalue weighted by atomic mass is 10.2. The molecular weight excluding hydrogens is 78.1 g/mol. The quantitative estimate of drug-likeness (QED) is 0.455. The van der Waals surface area contributed by atoms with Crippen molar-refractivity contribution >= 4 is 5.90 Å². The van der Waals surface area contributed by atoms with Gasteiger partial charge in [0.15, 0.2) is 0 Å². The monoisotopic (exact) mass is 83.0 g/mol. The van der Waals surface area contributed by atoms with E-state index in [0.717, 1.165) is 5.57 Å². The molecule has 1 N–H and O–H groups in total. The van der Waals surface area contributed by atoms with Gasteiger partial charge in [0, 0.05) is 5.57 Å². The Labute approximate surface area is 35.9 Å². The molecule has 0 spiro atoms. The van der Waals surface area contributed by atoms with E-state index in [1.54, 1.807) is 0 Å². The van der Waals surface area contributed by atoms with Gasteiger partial charge in [-0.3, -0.25) is 5.41 Å². The van der Waals surface area contributed by atoms with Gasteiger partial charge in [-0.1, -0.05) is 6.58 Å². The minimum Gasteiger partial charge on any atom is -0.473 e. The van der Waals surface area contributed by atoms with Gasteiger partial charge in [-0.25, -0.2) is 0 Å². The smallest absolute Gasteiger partial charge is 0.212 e. The third kappa shape index (κ3) is 0.233. The zero-order chi connectivity index (χ0) is 4.57. The lowest BCUT2D eigenvalue weighted by Gasteiger charge is -2.16. The fraction of sp³-hybridized carbons (Fsp3) is 0.250. The van der Waals surface area contributed by atoms with Gasteiger partial charge in [-0.05, 0) is 0 Å². The largest absolute Gasteiger partial charge is 0.473 e. The molecule has 0 radical (unpaired) electrons. The lowest BCUT2D eigenvalue weighted by molar-refractivity contribution is 0.287. The molecule has 0 aliphatic carbocycles. The van der Waals surface area contributed by atoms with Crippen molar-refractivity contribution in [2.75, 3.05) is 6.61 Å². The van der Waals surface area contributed by atoms with Crippen LogP contribution in [0.5, 0.6) is 0 Å². The molecule has 1 heterocycles. The molecule has 1 fully saturated rings. The van der Waals surface area contributed by atoms with E-state index in [0.29, 0.717) is 6.61 Å². The van der Waals surface area contributed by atoms with E-state index in [-0.39, 0.29) is 5.90 Å². The van der Waals surface area contributed by atoms with Crippen molar-refractivity contribution in [3.63, 3.8) is 0 Å². The first-order valence-electron chi connectivity index (χ1n) is 1.70. The zero-order valence-electron chi connectivity index (χ0n) is 3.32. The summed E-state index contributed by atoms with van der Waals surface area (Å²) in [7, 11) is 0. The van der Waals surface area contributed by atoms with Crippen LogP contribution in [-0.2, 0) is 4.74 Å². The topological polar surface area (TPSA) is 33.1 Å². The second kappa shape index (κ2) is 0.834. The highest BCUT2D eigenvalue weighted by atomic mass is 16.5. The minimum absolute atomic E-state index is 0.245. The standard InChI is InChI=1S/C4H5NO/c1-3-2-6-4(3)5/h5H,1-2H2. The average molecular weight is 83.1 g/mol. The number of ether oxygens (including phenoxy) is 1. The van der Waals surface area contributed by atoms with Gasteiger partial charge in [0.05, 0.1) is 0 Å². The van der Waals surface area contributed by atoms with Crippen molar-refractivity contribution in [2.45, 2.75) is 0 Å². The minimum atomic E-state index is 0.245. The van der Waals surface area contributed by atoms with Crippen LogP contribution >= 0.6 is 0 Å². The average Bonchev–Trinajstić information content (AvgIpc) is 1.61. The van der Waals surface area contributed by atoms with Crippen LogP contribution in [0.3, 0.4) is 0 Å². The summed E-state index contributed by atoms with van der Waals surface area (Å²) >= 11 is 0. The first-order chi connectivity index (χ1) is 2.80. The lowest BCUT2D eigenvalue weighted by Crippen LogP contribution is -2.22. The molecule has 1 rings (SSSR count). The fourth-order valence-corrected chi connectivity index (χ4v) is 0.246. The summed E-state index contributed by atoms with van der Waals surface area (Å²) < 4.78 is 4.53. The molecule has 32 valence electrons. The van der Waals surface area contributed by atoms with Gasteiger partial charge in [0.25, 0.3) is 0 Å². The van der Waals surface area contributed by atoms with Crippen molar-refractivity contribution in [1.29, 1.82) is 5.41 Å². The Morgan fingerprint density at radius 2 is 2.33 bits per heavy atom. The summed E-state index contributed by atoms with van der Waals surface area (Å²) in [6, 6.07) is 0. The van der Waals surface area contributed by atoms with E-state index in [9.17, 15) is 0 Å². The van der Waals surface area contributed by atoms with Crippen LogP contribution in [0.2, 0.25) is 0 Å². The van der Waals surface area contributed by atoms with Crippen LogP contribution in [0.4, 0.5) is 0 Å². The third-order valence-electron chi connectivity index (χ3n) is 0.712. The highest BCUT2D eigenvalue weighted by molar-refractivity contribution is 5.95. The van der Waals surface area contributed by atoms with E-state index >= 15 is 0 Å². The first kappa shape index (κ1) is 3.40. The van der Waals surface area contributed by atoms with Gasteiger partial charge in [-0.2, -0.15) is 0 Å². The highest BCUT2D eigenvalue weighted by Gasteiger charge is 2.13. The summed E-state index contributed by atoms with van der Waals surface area (Å²) in [5.41, 5.74) is 0.801. The van der Waals surface area contributed by atoms with E-state index in [4.69, 9.17) is 5.41 Å². The van der Waals surface area contributed by atoms with Crippen LogP contribution in [0.25, 0.3) is 0 Å². The van der Waals surface area contributed by atoms with Gasteiger partial charge in [-0.15, -0.1) is 0 Å². The van der Waals surface area contributed by atoms with E-state index in [2.05, 4.69) is 11.3 Å². The second-order valence-corrected chi connectivity index (χ2v) is 1.22. The first-order valence-corrected chi connectivity index (χ1v) is 1.70. The molecule has 0 aromatic rings. The Hall–Kier alpha value is -0.790. The van der Waals surface area contributed by atoms with Crippen molar-refractivity contribution < 1.29 is 4.74 Å². The van der Waals surface area contributed by atoms with Gasteiger partial charge in [0.1, 0.15) is 6.61 Å². The molecule has 0 aromatic carbocycles. The predicted octanol–water partition coefficient (Wildman–Crippen LogP) is 0.550. The number of nitrogens with one attached hydrogen (secondary N) is 1. The Morgan fingerprint density at radius 1 is 1.83 bits per heavy atom. The summed E-state index contributed by atoms with van der Waals surface area (Å²) in [5, 5.41) is 6.71. The van der Waals surface area contributed by atoms with Crippen LogP contribution < -0.4 is 0 Å². The van der Waals surface area contributed by atoms with Crippen LogP contribution in [-0.4, -0.2) is 12.5 Å². The maximum atomic E-state index is 6.71. The molecule has 2 heteroatoms.